The lowest BCUT2D eigenvalue weighted by molar-refractivity contribution is 0.0690. The van der Waals surface area contributed by atoms with Gasteiger partial charge in [0.05, 0.1) is 25.5 Å². The van der Waals surface area contributed by atoms with Gasteiger partial charge >= 0.3 is 5.97 Å². The highest BCUT2D eigenvalue weighted by molar-refractivity contribution is 7.99. The molecule has 0 spiro atoms. The number of aliphatic hydroxyl groups is 1. The maximum absolute atomic E-state index is 11.3. The van der Waals surface area contributed by atoms with Crippen LogP contribution in [0.25, 0.3) is 0 Å². The van der Waals surface area contributed by atoms with Gasteiger partial charge in [-0.3, -0.25) is 0 Å². The molecule has 2 N–H and O–H groups in total. The standard InChI is InChI=1S/C13H18N2O4S/c1-8-10(13(17)18)12(20-7-6-19-5-4-16)15-11(14-8)9-2-3-9/h9,16H,2-7H2,1H3,(H,17,18). The summed E-state index contributed by atoms with van der Waals surface area (Å²) >= 11 is 1.36. The fourth-order valence-corrected chi connectivity index (χ4v) is 2.74. The minimum absolute atomic E-state index is 0.0104. The van der Waals surface area contributed by atoms with Gasteiger partial charge in [0.1, 0.15) is 16.4 Å². The van der Waals surface area contributed by atoms with Gasteiger partial charge in [0.25, 0.3) is 0 Å². The third-order valence-corrected chi connectivity index (χ3v) is 3.87. The topological polar surface area (TPSA) is 92.5 Å². The average Bonchev–Trinajstić information content (AvgIpc) is 3.21. The second kappa shape index (κ2) is 7.01. The molecule has 6 nitrogen and oxygen atoms in total. The van der Waals surface area contributed by atoms with Gasteiger partial charge in [-0.15, -0.1) is 11.8 Å². The van der Waals surface area contributed by atoms with Crippen LogP contribution >= 0.6 is 11.8 Å². The molecule has 1 fully saturated rings. The molecule has 0 atom stereocenters. The van der Waals surface area contributed by atoms with Crippen LogP contribution in [-0.4, -0.2) is 51.7 Å². The highest BCUT2D eigenvalue weighted by atomic mass is 32.2. The molecule has 20 heavy (non-hydrogen) atoms. The predicted octanol–water partition coefficient (Wildman–Crippen LogP) is 1.46. The molecule has 0 aliphatic heterocycles. The molecule has 1 heterocycles. The van der Waals surface area contributed by atoms with Gasteiger partial charge in [-0.1, -0.05) is 0 Å². The monoisotopic (exact) mass is 298 g/mol. The lowest BCUT2D eigenvalue weighted by Gasteiger charge is -2.10. The summed E-state index contributed by atoms with van der Waals surface area (Å²) in [6.07, 6.45) is 2.16. The van der Waals surface area contributed by atoms with Crippen LogP contribution in [0.1, 0.15) is 40.6 Å². The molecule has 0 radical (unpaired) electrons. The number of thioether (sulfide) groups is 1. The molecule has 0 aromatic carbocycles. The number of carboxylic acids is 1. The molecule has 7 heteroatoms. The van der Waals surface area contributed by atoms with Crippen molar-refractivity contribution in [3.05, 3.63) is 17.1 Å². The second-order valence-corrected chi connectivity index (χ2v) is 5.69. The van der Waals surface area contributed by atoms with Crippen molar-refractivity contribution < 1.29 is 19.7 Å². The molecule has 0 saturated heterocycles. The van der Waals surface area contributed by atoms with Crippen molar-refractivity contribution in [3.8, 4) is 0 Å². The van der Waals surface area contributed by atoms with Crippen molar-refractivity contribution in [2.45, 2.75) is 30.7 Å². The fraction of sp³-hybridized carbons (Fsp3) is 0.615. The lowest BCUT2D eigenvalue weighted by atomic mass is 10.2. The van der Waals surface area contributed by atoms with Crippen molar-refractivity contribution in [3.63, 3.8) is 0 Å². The Morgan fingerprint density at radius 2 is 2.15 bits per heavy atom. The quantitative estimate of drug-likeness (QED) is 0.426. The van der Waals surface area contributed by atoms with Crippen LogP contribution in [0.4, 0.5) is 0 Å². The molecular formula is C13H18N2O4S. The molecule has 2 rings (SSSR count). The summed E-state index contributed by atoms with van der Waals surface area (Å²) in [5.41, 5.74) is 0.703. The first-order valence-electron chi connectivity index (χ1n) is 6.56. The smallest absolute Gasteiger partial charge is 0.340 e. The van der Waals surface area contributed by atoms with Crippen LogP contribution in [0.2, 0.25) is 0 Å². The third kappa shape index (κ3) is 3.91. The van der Waals surface area contributed by atoms with Crippen LogP contribution < -0.4 is 0 Å². The van der Waals surface area contributed by atoms with E-state index in [-0.39, 0.29) is 12.2 Å². The molecule has 1 aromatic rings. The first-order chi connectivity index (χ1) is 9.63. The molecule has 0 amide bonds. The molecular weight excluding hydrogens is 280 g/mol. The normalized spacial score (nSPS) is 14.5. The van der Waals surface area contributed by atoms with Crippen LogP contribution in [0.5, 0.6) is 0 Å². The Hall–Kier alpha value is -1.18. The summed E-state index contributed by atoms with van der Waals surface area (Å²) in [5, 5.41) is 18.4. The maximum atomic E-state index is 11.3. The van der Waals surface area contributed by atoms with Gasteiger partial charge in [0.2, 0.25) is 0 Å². The zero-order valence-corrected chi connectivity index (χ0v) is 12.2. The van der Waals surface area contributed by atoms with Crippen molar-refractivity contribution in [1.82, 2.24) is 9.97 Å². The maximum Gasteiger partial charge on any atom is 0.340 e. The van der Waals surface area contributed by atoms with Gasteiger partial charge < -0.3 is 14.9 Å². The number of hydrogen-bond acceptors (Lipinski definition) is 6. The molecule has 1 aliphatic carbocycles. The zero-order valence-electron chi connectivity index (χ0n) is 11.3. The average molecular weight is 298 g/mol. The van der Waals surface area contributed by atoms with E-state index in [0.29, 0.717) is 35.6 Å². The number of ether oxygens (including phenoxy) is 1. The van der Waals surface area contributed by atoms with Gasteiger partial charge in [-0.05, 0) is 19.8 Å². The zero-order chi connectivity index (χ0) is 14.5. The summed E-state index contributed by atoms with van der Waals surface area (Å²) in [6.45, 7) is 2.45. The highest BCUT2D eigenvalue weighted by Gasteiger charge is 2.29. The fourth-order valence-electron chi connectivity index (χ4n) is 1.81. The van der Waals surface area contributed by atoms with E-state index in [1.54, 1.807) is 6.92 Å². The van der Waals surface area contributed by atoms with Crippen LogP contribution in [0, 0.1) is 6.92 Å². The second-order valence-electron chi connectivity index (χ2n) is 4.61. The minimum Gasteiger partial charge on any atom is -0.478 e. The van der Waals surface area contributed by atoms with Crippen LogP contribution in [0.3, 0.4) is 0 Å². The van der Waals surface area contributed by atoms with Crippen molar-refractivity contribution in [2.75, 3.05) is 25.6 Å². The summed E-state index contributed by atoms with van der Waals surface area (Å²) in [7, 11) is 0. The number of rotatable bonds is 8. The van der Waals surface area contributed by atoms with Crippen LogP contribution in [-0.2, 0) is 4.74 Å². The number of hydrogen-bond donors (Lipinski definition) is 2. The Morgan fingerprint density at radius 3 is 2.75 bits per heavy atom. The van der Waals surface area contributed by atoms with Gasteiger partial charge in [0, 0.05) is 11.7 Å². The number of aromatic nitrogens is 2. The number of aliphatic hydroxyl groups excluding tert-OH is 1. The number of nitrogens with zero attached hydrogens (tertiary/aromatic N) is 2. The van der Waals surface area contributed by atoms with E-state index in [2.05, 4.69) is 9.97 Å². The SMILES string of the molecule is Cc1nc(C2CC2)nc(SCCOCCO)c1C(=O)O. The van der Waals surface area contributed by atoms with E-state index in [1.807, 2.05) is 0 Å². The van der Waals surface area contributed by atoms with Crippen molar-refractivity contribution in [1.29, 1.82) is 0 Å². The Kier molecular flexibility index (Phi) is 5.33. The molecule has 0 unspecified atom stereocenters. The van der Waals surface area contributed by atoms with E-state index in [9.17, 15) is 9.90 Å². The number of aryl methyl sites for hydroxylation is 1. The Morgan fingerprint density at radius 1 is 1.40 bits per heavy atom. The number of carboxylic acid groups (broad SMARTS) is 1. The molecule has 0 bridgehead atoms. The largest absolute Gasteiger partial charge is 0.478 e. The van der Waals surface area contributed by atoms with Crippen molar-refractivity contribution >= 4 is 17.7 Å². The van der Waals surface area contributed by atoms with E-state index >= 15 is 0 Å². The molecule has 110 valence electrons. The molecule has 1 aliphatic rings. The first-order valence-corrected chi connectivity index (χ1v) is 7.55. The van der Waals surface area contributed by atoms with Gasteiger partial charge in [-0.25, -0.2) is 14.8 Å². The summed E-state index contributed by atoms with van der Waals surface area (Å²) in [4.78, 5) is 20.0. The number of carbonyl (C=O) groups is 1. The predicted molar refractivity (Wildman–Crippen MR) is 74.3 cm³/mol. The minimum atomic E-state index is -0.997. The van der Waals surface area contributed by atoms with Crippen LogP contribution in [0.15, 0.2) is 5.03 Å². The molecule has 1 aromatic heterocycles. The van der Waals surface area contributed by atoms with E-state index in [4.69, 9.17) is 9.84 Å². The number of aromatic carboxylic acids is 1. The summed E-state index contributed by atoms with van der Waals surface area (Å²) < 4.78 is 5.16. The summed E-state index contributed by atoms with van der Waals surface area (Å²) in [6, 6.07) is 0. The first kappa shape index (κ1) is 15.2. The van der Waals surface area contributed by atoms with Gasteiger partial charge in [0.15, 0.2) is 0 Å². The highest BCUT2D eigenvalue weighted by Crippen LogP contribution is 2.39. The molecule has 1 saturated carbocycles. The Balaban J connectivity index is 2.09. The lowest BCUT2D eigenvalue weighted by Crippen LogP contribution is -2.10. The van der Waals surface area contributed by atoms with E-state index < -0.39 is 5.97 Å². The van der Waals surface area contributed by atoms with E-state index in [0.717, 1.165) is 18.7 Å². The van der Waals surface area contributed by atoms with Crippen molar-refractivity contribution in [2.24, 2.45) is 0 Å². The Bertz CT molecular complexity index is 492. The summed E-state index contributed by atoms with van der Waals surface area (Å²) in [5.74, 6) is 0.748. The van der Waals surface area contributed by atoms with E-state index in [1.165, 1.54) is 11.8 Å². The third-order valence-electron chi connectivity index (χ3n) is 2.93. The van der Waals surface area contributed by atoms with Gasteiger partial charge in [-0.2, -0.15) is 0 Å². The Labute approximate surface area is 121 Å².